The lowest BCUT2D eigenvalue weighted by Crippen LogP contribution is -2.29. The average molecular weight is 266 g/mol. The third-order valence-corrected chi connectivity index (χ3v) is 2.96. The molecule has 0 radical (unpaired) electrons. The number of rotatable bonds is 4. The fraction of sp³-hybridized carbons (Fsp3) is 0.154. The molecule has 0 bridgehead atoms. The number of aromatic nitrogens is 1. The van der Waals surface area contributed by atoms with Crippen LogP contribution in [0.1, 0.15) is 17.2 Å². The van der Waals surface area contributed by atoms with Crippen LogP contribution in [-0.2, 0) is 6.42 Å². The van der Waals surface area contributed by atoms with Gasteiger partial charge in [0.25, 0.3) is 0 Å². The summed E-state index contributed by atoms with van der Waals surface area (Å²) in [5, 5.41) is 0.384. The van der Waals surface area contributed by atoms with Gasteiger partial charge in [0.15, 0.2) is 0 Å². The first-order chi connectivity index (χ1) is 8.70. The van der Waals surface area contributed by atoms with E-state index < -0.39 is 0 Å². The Hall–Kier alpha value is -1.49. The molecule has 2 aromatic rings. The second-order valence-corrected chi connectivity index (χ2v) is 4.38. The van der Waals surface area contributed by atoms with Gasteiger partial charge in [0.2, 0.25) is 0 Å². The van der Waals surface area contributed by atoms with Gasteiger partial charge in [-0.25, -0.2) is 4.39 Å². The number of nitrogens with zero attached hydrogens (tertiary/aromatic N) is 1. The van der Waals surface area contributed by atoms with Gasteiger partial charge in [-0.05, 0) is 35.7 Å². The van der Waals surface area contributed by atoms with Crippen LogP contribution in [0.15, 0.2) is 42.7 Å². The molecule has 0 aliphatic heterocycles. The first-order valence-electron chi connectivity index (χ1n) is 5.50. The maximum atomic E-state index is 13.7. The van der Waals surface area contributed by atoms with Crippen LogP contribution in [0, 0.1) is 5.82 Å². The van der Waals surface area contributed by atoms with Crippen LogP contribution in [-0.4, -0.2) is 4.98 Å². The van der Waals surface area contributed by atoms with E-state index in [4.69, 9.17) is 17.4 Å². The van der Waals surface area contributed by atoms with Crippen molar-refractivity contribution in [1.29, 1.82) is 0 Å². The van der Waals surface area contributed by atoms with E-state index in [0.717, 1.165) is 5.56 Å². The Morgan fingerprint density at radius 2 is 2.22 bits per heavy atom. The van der Waals surface area contributed by atoms with E-state index in [9.17, 15) is 4.39 Å². The van der Waals surface area contributed by atoms with E-state index in [1.54, 1.807) is 24.5 Å². The standard InChI is InChI=1S/C13H13ClFN3/c14-11-4-3-9(12(15)7-11)6-13(18-16)10-2-1-5-17-8-10/h1-5,7-8,13,18H,6,16H2. The molecule has 5 heteroatoms. The van der Waals surface area contributed by atoms with Crippen LogP contribution in [0.2, 0.25) is 5.02 Å². The van der Waals surface area contributed by atoms with Gasteiger partial charge in [-0.3, -0.25) is 16.3 Å². The van der Waals surface area contributed by atoms with Crippen molar-refractivity contribution in [3.05, 3.63) is 64.7 Å². The zero-order chi connectivity index (χ0) is 13.0. The number of halogens is 2. The predicted octanol–water partition coefficient (Wildman–Crippen LogP) is 2.62. The number of hydrazine groups is 1. The summed E-state index contributed by atoms with van der Waals surface area (Å²) < 4.78 is 13.7. The van der Waals surface area contributed by atoms with Gasteiger partial charge in [0, 0.05) is 17.4 Å². The first kappa shape index (κ1) is 13.0. The number of hydrogen-bond acceptors (Lipinski definition) is 3. The minimum atomic E-state index is -0.327. The Morgan fingerprint density at radius 3 is 2.83 bits per heavy atom. The summed E-state index contributed by atoms with van der Waals surface area (Å²) >= 11 is 5.71. The number of nitrogens with two attached hydrogens (primary N) is 1. The van der Waals surface area contributed by atoms with Crippen LogP contribution in [0.25, 0.3) is 0 Å². The predicted molar refractivity (Wildman–Crippen MR) is 69.4 cm³/mol. The maximum absolute atomic E-state index is 13.7. The van der Waals surface area contributed by atoms with Crippen LogP contribution in [0.4, 0.5) is 4.39 Å². The van der Waals surface area contributed by atoms with Crippen molar-refractivity contribution in [1.82, 2.24) is 10.4 Å². The summed E-state index contributed by atoms with van der Waals surface area (Å²) in [5.41, 5.74) is 4.14. The molecule has 94 valence electrons. The van der Waals surface area contributed by atoms with Crippen LogP contribution < -0.4 is 11.3 Å². The van der Waals surface area contributed by atoms with Gasteiger partial charge < -0.3 is 0 Å². The van der Waals surface area contributed by atoms with Crippen molar-refractivity contribution in [2.24, 2.45) is 5.84 Å². The Kier molecular flexibility index (Phi) is 4.25. The van der Waals surface area contributed by atoms with Crippen LogP contribution >= 0.6 is 11.6 Å². The molecule has 1 atom stereocenters. The zero-order valence-electron chi connectivity index (χ0n) is 9.61. The van der Waals surface area contributed by atoms with Crippen LogP contribution in [0.5, 0.6) is 0 Å². The highest BCUT2D eigenvalue weighted by Crippen LogP contribution is 2.21. The Labute approximate surface area is 110 Å². The quantitative estimate of drug-likeness (QED) is 0.660. The number of nitrogens with one attached hydrogen (secondary N) is 1. The highest BCUT2D eigenvalue weighted by atomic mass is 35.5. The molecule has 3 nitrogen and oxygen atoms in total. The SMILES string of the molecule is NNC(Cc1ccc(Cl)cc1F)c1cccnc1. The summed E-state index contributed by atoms with van der Waals surface area (Å²) in [6.45, 7) is 0. The van der Waals surface area contributed by atoms with Crippen molar-refractivity contribution in [2.75, 3.05) is 0 Å². The highest BCUT2D eigenvalue weighted by molar-refractivity contribution is 6.30. The van der Waals surface area contributed by atoms with Crippen molar-refractivity contribution < 1.29 is 4.39 Å². The van der Waals surface area contributed by atoms with E-state index in [0.29, 0.717) is 17.0 Å². The molecule has 18 heavy (non-hydrogen) atoms. The molecule has 0 spiro atoms. The summed E-state index contributed by atoms with van der Waals surface area (Å²) in [6.07, 6.45) is 3.82. The number of pyridine rings is 1. The van der Waals surface area contributed by atoms with Gasteiger partial charge in [-0.2, -0.15) is 0 Å². The van der Waals surface area contributed by atoms with Gasteiger partial charge in [-0.15, -0.1) is 0 Å². The number of hydrogen-bond donors (Lipinski definition) is 2. The molecule has 0 saturated heterocycles. The molecule has 1 aromatic carbocycles. The maximum Gasteiger partial charge on any atom is 0.127 e. The summed E-state index contributed by atoms with van der Waals surface area (Å²) in [5.74, 6) is 5.18. The largest absolute Gasteiger partial charge is 0.271 e. The topological polar surface area (TPSA) is 50.9 Å². The summed E-state index contributed by atoms with van der Waals surface area (Å²) in [6, 6.07) is 8.15. The second-order valence-electron chi connectivity index (χ2n) is 3.95. The van der Waals surface area contributed by atoms with Gasteiger partial charge >= 0.3 is 0 Å². The lowest BCUT2D eigenvalue weighted by Gasteiger charge is -2.16. The van der Waals surface area contributed by atoms with Crippen molar-refractivity contribution in [2.45, 2.75) is 12.5 Å². The molecule has 1 heterocycles. The normalized spacial score (nSPS) is 12.4. The third kappa shape index (κ3) is 3.04. The van der Waals surface area contributed by atoms with Gasteiger partial charge in [0.1, 0.15) is 5.82 Å². The molecule has 1 unspecified atom stereocenters. The minimum absolute atomic E-state index is 0.186. The Bertz CT molecular complexity index is 519. The van der Waals surface area contributed by atoms with E-state index in [1.165, 1.54) is 6.07 Å². The Balaban J connectivity index is 2.21. The molecule has 3 N–H and O–H groups in total. The molecule has 0 aliphatic carbocycles. The monoisotopic (exact) mass is 265 g/mol. The molecule has 0 saturated carbocycles. The average Bonchev–Trinajstić information content (AvgIpc) is 2.39. The highest BCUT2D eigenvalue weighted by Gasteiger charge is 2.13. The van der Waals surface area contributed by atoms with E-state index in [2.05, 4.69) is 10.4 Å². The zero-order valence-corrected chi connectivity index (χ0v) is 10.4. The van der Waals surface area contributed by atoms with Crippen LogP contribution in [0.3, 0.4) is 0 Å². The lowest BCUT2D eigenvalue weighted by atomic mass is 10.0. The molecule has 0 amide bonds. The molecule has 2 rings (SSSR count). The summed E-state index contributed by atoms with van der Waals surface area (Å²) in [7, 11) is 0. The number of benzene rings is 1. The minimum Gasteiger partial charge on any atom is -0.271 e. The van der Waals surface area contributed by atoms with Crippen molar-refractivity contribution in [3.63, 3.8) is 0 Å². The molecular formula is C13H13ClFN3. The van der Waals surface area contributed by atoms with Crippen molar-refractivity contribution >= 4 is 11.6 Å². The fourth-order valence-electron chi connectivity index (χ4n) is 1.76. The van der Waals surface area contributed by atoms with E-state index in [1.807, 2.05) is 12.1 Å². The van der Waals surface area contributed by atoms with Gasteiger partial charge in [0.05, 0.1) is 6.04 Å². The first-order valence-corrected chi connectivity index (χ1v) is 5.88. The third-order valence-electron chi connectivity index (χ3n) is 2.73. The van der Waals surface area contributed by atoms with Crippen molar-refractivity contribution in [3.8, 4) is 0 Å². The van der Waals surface area contributed by atoms with E-state index in [-0.39, 0.29) is 11.9 Å². The fourth-order valence-corrected chi connectivity index (χ4v) is 1.92. The molecule has 0 aliphatic rings. The molecule has 1 aromatic heterocycles. The second kappa shape index (κ2) is 5.91. The van der Waals surface area contributed by atoms with Gasteiger partial charge in [-0.1, -0.05) is 23.7 Å². The lowest BCUT2D eigenvalue weighted by molar-refractivity contribution is 0.528. The Morgan fingerprint density at radius 1 is 1.39 bits per heavy atom. The smallest absolute Gasteiger partial charge is 0.127 e. The molecular weight excluding hydrogens is 253 g/mol. The summed E-state index contributed by atoms with van der Waals surface area (Å²) in [4.78, 5) is 4.02. The molecule has 0 fully saturated rings. The van der Waals surface area contributed by atoms with E-state index >= 15 is 0 Å².